The number of benzene rings is 1. The average Bonchev–Trinajstić information content (AvgIpc) is 3.16. The Morgan fingerprint density at radius 2 is 1.78 bits per heavy atom. The molecule has 1 saturated carbocycles. The maximum Gasteiger partial charge on any atom is 0.291 e. The fourth-order valence-corrected chi connectivity index (χ4v) is 5.60. The first kappa shape index (κ1) is 21.2. The van der Waals surface area contributed by atoms with Gasteiger partial charge in [0.25, 0.3) is 5.56 Å². The van der Waals surface area contributed by atoms with Gasteiger partial charge in [0.1, 0.15) is 5.52 Å². The molecule has 1 amide bonds. The molecule has 0 atom stereocenters. The van der Waals surface area contributed by atoms with Gasteiger partial charge in [0.05, 0.1) is 6.20 Å². The average molecular weight is 436 g/mol. The van der Waals surface area contributed by atoms with Crippen LogP contribution in [-0.2, 0) is 18.4 Å². The second-order valence-corrected chi connectivity index (χ2v) is 9.32. The Bertz CT molecular complexity index is 1170. The van der Waals surface area contributed by atoms with Gasteiger partial charge in [-0.15, -0.1) is 0 Å². The van der Waals surface area contributed by atoms with Crippen molar-refractivity contribution >= 4 is 27.7 Å². The van der Waals surface area contributed by atoms with E-state index in [2.05, 4.69) is 14.6 Å². The SMILES string of the molecule is Cn1ncc2c3ccccc3n(CCCC(=O)N3CCN(C4CCCCC4)CC3)c2c1=O. The van der Waals surface area contributed by atoms with Gasteiger partial charge in [-0.25, -0.2) is 4.68 Å². The molecule has 7 nitrogen and oxygen atoms in total. The third kappa shape index (κ3) is 3.94. The van der Waals surface area contributed by atoms with Crippen LogP contribution in [0.3, 0.4) is 0 Å². The molecule has 3 heterocycles. The van der Waals surface area contributed by atoms with Gasteiger partial charge >= 0.3 is 0 Å². The van der Waals surface area contributed by atoms with Crippen LogP contribution in [0.4, 0.5) is 0 Å². The number of amides is 1. The van der Waals surface area contributed by atoms with Crippen LogP contribution in [0, 0.1) is 0 Å². The van der Waals surface area contributed by atoms with Crippen LogP contribution in [0.2, 0.25) is 0 Å². The van der Waals surface area contributed by atoms with Crippen LogP contribution in [0.15, 0.2) is 35.3 Å². The van der Waals surface area contributed by atoms with Crippen molar-refractivity contribution in [3.8, 4) is 0 Å². The lowest BCUT2D eigenvalue weighted by molar-refractivity contribution is -0.133. The molecule has 0 bridgehead atoms. The number of carbonyl (C=O) groups excluding carboxylic acids is 1. The molecule has 1 aromatic carbocycles. The summed E-state index contributed by atoms with van der Waals surface area (Å²) in [6.45, 7) is 4.35. The van der Waals surface area contributed by atoms with E-state index in [0.717, 1.165) is 54.9 Å². The first-order chi connectivity index (χ1) is 15.6. The summed E-state index contributed by atoms with van der Waals surface area (Å²) in [7, 11) is 1.68. The van der Waals surface area contributed by atoms with E-state index in [9.17, 15) is 9.59 Å². The Balaban J connectivity index is 1.23. The van der Waals surface area contributed by atoms with Crippen LogP contribution in [-0.4, -0.2) is 62.3 Å². The predicted octanol–water partition coefficient (Wildman–Crippen LogP) is 3.15. The summed E-state index contributed by atoms with van der Waals surface area (Å²) in [6, 6.07) is 8.79. The molecule has 2 aromatic heterocycles. The van der Waals surface area contributed by atoms with Gasteiger partial charge in [0, 0.05) is 68.5 Å². The highest BCUT2D eigenvalue weighted by Gasteiger charge is 2.26. The second-order valence-electron chi connectivity index (χ2n) is 9.32. The van der Waals surface area contributed by atoms with Crippen LogP contribution < -0.4 is 5.56 Å². The summed E-state index contributed by atoms with van der Waals surface area (Å²) >= 11 is 0. The van der Waals surface area contributed by atoms with Crippen LogP contribution in [0.5, 0.6) is 0 Å². The van der Waals surface area contributed by atoms with E-state index in [0.29, 0.717) is 18.5 Å². The number of carbonyl (C=O) groups is 1. The third-order valence-corrected chi connectivity index (χ3v) is 7.40. The number of fused-ring (bicyclic) bond motifs is 3. The summed E-state index contributed by atoms with van der Waals surface area (Å²) in [5, 5.41) is 6.13. The van der Waals surface area contributed by atoms with Gasteiger partial charge in [0.15, 0.2) is 0 Å². The minimum Gasteiger partial charge on any atom is -0.340 e. The molecule has 2 aliphatic rings. The number of hydrogen-bond donors (Lipinski definition) is 0. The molecule has 7 heteroatoms. The lowest BCUT2D eigenvalue weighted by atomic mass is 9.94. The highest BCUT2D eigenvalue weighted by Crippen LogP contribution is 2.27. The Labute approximate surface area is 188 Å². The number of hydrogen-bond acceptors (Lipinski definition) is 4. The number of para-hydroxylation sites is 1. The molecule has 3 aromatic rings. The summed E-state index contributed by atoms with van der Waals surface area (Å²) < 4.78 is 3.46. The summed E-state index contributed by atoms with van der Waals surface area (Å²) in [4.78, 5) is 30.3. The van der Waals surface area contributed by atoms with E-state index in [1.54, 1.807) is 13.2 Å². The summed E-state index contributed by atoms with van der Waals surface area (Å²) in [5.74, 6) is 0.239. The molecule has 0 unspecified atom stereocenters. The number of piperazine rings is 1. The highest BCUT2D eigenvalue weighted by molar-refractivity contribution is 6.07. The molecule has 1 aliphatic heterocycles. The number of aryl methyl sites for hydroxylation is 2. The predicted molar refractivity (Wildman–Crippen MR) is 127 cm³/mol. The maximum atomic E-state index is 12.9. The first-order valence-electron chi connectivity index (χ1n) is 12.1. The zero-order chi connectivity index (χ0) is 22.1. The second kappa shape index (κ2) is 9.06. The molecule has 5 rings (SSSR count). The van der Waals surface area contributed by atoms with Crippen molar-refractivity contribution in [2.45, 2.75) is 57.5 Å². The fourth-order valence-electron chi connectivity index (χ4n) is 5.60. The molecule has 0 radical (unpaired) electrons. The zero-order valence-electron chi connectivity index (χ0n) is 19.0. The Morgan fingerprint density at radius 1 is 1.03 bits per heavy atom. The normalized spacial score (nSPS) is 18.6. The molecule has 1 saturated heterocycles. The lowest BCUT2D eigenvalue weighted by Crippen LogP contribution is -2.52. The van der Waals surface area contributed by atoms with Gasteiger partial charge in [-0.05, 0) is 25.3 Å². The Hall–Kier alpha value is -2.67. The Morgan fingerprint density at radius 3 is 2.56 bits per heavy atom. The highest BCUT2D eigenvalue weighted by atomic mass is 16.2. The Kier molecular flexibility index (Phi) is 6.00. The largest absolute Gasteiger partial charge is 0.340 e. The van der Waals surface area contributed by atoms with Crippen molar-refractivity contribution < 1.29 is 4.79 Å². The maximum absolute atomic E-state index is 12.9. The van der Waals surface area contributed by atoms with Gasteiger partial charge in [-0.2, -0.15) is 5.10 Å². The van der Waals surface area contributed by atoms with Crippen LogP contribution in [0.1, 0.15) is 44.9 Å². The molecular formula is C25H33N5O2. The molecule has 170 valence electrons. The van der Waals surface area contributed by atoms with E-state index >= 15 is 0 Å². The quantitative estimate of drug-likeness (QED) is 0.618. The third-order valence-electron chi connectivity index (χ3n) is 7.40. The van der Waals surface area contributed by atoms with E-state index < -0.39 is 0 Å². The minimum absolute atomic E-state index is 0.0936. The molecule has 2 fully saturated rings. The summed E-state index contributed by atoms with van der Waals surface area (Å²) in [5.41, 5.74) is 1.61. The van der Waals surface area contributed by atoms with E-state index in [1.165, 1.54) is 36.8 Å². The van der Waals surface area contributed by atoms with Gasteiger partial charge in [-0.1, -0.05) is 37.5 Å². The number of nitrogens with zero attached hydrogens (tertiary/aromatic N) is 5. The fraction of sp³-hybridized carbons (Fsp3) is 0.560. The molecular weight excluding hydrogens is 402 g/mol. The topological polar surface area (TPSA) is 63.4 Å². The van der Waals surface area contributed by atoms with Crippen molar-refractivity contribution in [1.29, 1.82) is 0 Å². The number of rotatable bonds is 5. The zero-order valence-corrected chi connectivity index (χ0v) is 19.0. The molecule has 32 heavy (non-hydrogen) atoms. The van der Waals surface area contributed by atoms with Crippen molar-refractivity contribution in [3.63, 3.8) is 0 Å². The smallest absolute Gasteiger partial charge is 0.291 e. The van der Waals surface area contributed by atoms with Crippen molar-refractivity contribution in [1.82, 2.24) is 24.1 Å². The van der Waals surface area contributed by atoms with Crippen molar-refractivity contribution in [3.05, 3.63) is 40.8 Å². The van der Waals surface area contributed by atoms with Crippen LogP contribution in [0.25, 0.3) is 21.8 Å². The van der Waals surface area contributed by atoms with E-state index in [-0.39, 0.29) is 11.5 Å². The van der Waals surface area contributed by atoms with Crippen LogP contribution >= 0.6 is 0 Å². The van der Waals surface area contributed by atoms with Crippen molar-refractivity contribution in [2.75, 3.05) is 26.2 Å². The minimum atomic E-state index is -0.0936. The van der Waals surface area contributed by atoms with Gasteiger partial charge < -0.3 is 9.47 Å². The van der Waals surface area contributed by atoms with Gasteiger partial charge in [-0.3, -0.25) is 14.5 Å². The molecule has 0 N–H and O–H groups in total. The molecule has 1 aliphatic carbocycles. The monoisotopic (exact) mass is 435 g/mol. The molecule has 0 spiro atoms. The summed E-state index contributed by atoms with van der Waals surface area (Å²) in [6.07, 6.45) is 9.74. The van der Waals surface area contributed by atoms with Gasteiger partial charge in [0.2, 0.25) is 5.91 Å². The van der Waals surface area contributed by atoms with E-state index in [4.69, 9.17) is 0 Å². The standard InChI is InChI=1S/C25H33N5O2/c1-27-25(32)24-21(18-26-27)20-10-5-6-11-22(20)30(24)13-7-12-23(31)29-16-14-28(15-17-29)19-8-3-2-4-9-19/h5-6,10-11,18-19H,2-4,7-9,12-17H2,1H3. The number of aromatic nitrogens is 3. The van der Waals surface area contributed by atoms with E-state index in [1.807, 2.05) is 29.2 Å². The lowest BCUT2D eigenvalue weighted by Gasteiger charge is -2.40. The van der Waals surface area contributed by atoms with Crippen molar-refractivity contribution in [2.24, 2.45) is 7.05 Å². The first-order valence-corrected chi connectivity index (χ1v) is 12.1.